The van der Waals surface area contributed by atoms with Crippen LogP contribution in [0.1, 0.15) is 29.9 Å². The summed E-state index contributed by atoms with van der Waals surface area (Å²) in [6.45, 7) is 3.59. The summed E-state index contributed by atoms with van der Waals surface area (Å²) in [5.41, 5.74) is 0. The molecule has 0 saturated heterocycles. The van der Waals surface area contributed by atoms with E-state index in [-0.39, 0.29) is 21.4 Å². The fourth-order valence-electron chi connectivity index (χ4n) is 1.59. The summed E-state index contributed by atoms with van der Waals surface area (Å²) in [7, 11) is -2.80. The molecule has 21 heavy (non-hydrogen) atoms. The van der Waals surface area contributed by atoms with E-state index in [1.54, 1.807) is 13.8 Å². The zero-order valence-corrected chi connectivity index (χ0v) is 13.5. The van der Waals surface area contributed by atoms with Crippen LogP contribution in [-0.4, -0.2) is 38.6 Å². The third-order valence-corrected chi connectivity index (χ3v) is 5.56. The maximum Gasteiger partial charge on any atom is 0.348 e. The third-order valence-electron chi connectivity index (χ3n) is 2.54. The van der Waals surface area contributed by atoms with Crippen LogP contribution in [0.4, 0.5) is 0 Å². The van der Waals surface area contributed by atoms with Crippen LogP contribution in [0.2, 0.25) is 0 Å². The quantitative estimate of drug-likeness (QED) is 0.727. The van der Waals surface area contributed by atoms with Gasteiger partial charge in [0.15, 0.2) is 0 Å². The average Bonchev–Trinajstić information content (AvgIpc) is 2.86. The van der Waals surface area contributed by atoms with Gasteiger partial charge in [0, 0.05) is 0 Å². The lowest BCUT2D eigenvalue weighted by molar-refractivity contribution is -0.139. The third kappa shape index (κ3) is 4.80. The molecule has 1 aromatic rings. The molecule has 0 fully saturated rings. The molecule has 1 aromatic heterocycles. The summed E-state index contributed by atoms with van der Waals surface area (Å²) >= 11 is 0.727. The first-order chi connectivity index (χ1) is 9.67. The number of methoxy groups -OCH3 is 1. The van der Waals surface area contributed by atoms with Gasteiger partial charge in [-0.2, -0.15) is 4.72 Å². The number of sulfonamides is 1. The molecule has 0 spiro atoms. The molecular formula is C12H17NO6S2. The van der Waals surface area contributed by atoms with Gasteiger partial charge in [0.05, 0.1) is 7.11 Å². The van der Waals surface area contributed by atoms with Gasteiger partial charge in [0.2, 0.25) is 0 Å². The molecule has 118 valence electrons. The minimum absolute atomic E-state index is 0.0164. The first-order valence-corrected chi connectivity index (χ1v) is 8.40. The van der Waals surface area contributed by atoms with Crippen LogP contribution in [0.3, 0.4) is 0 Å². The fraction of sp³-hybridized carbons (Fsp3) is 0.500. The van der Waals surface area contributed by atoms with E-state index in [1.807, 2.05) is 0 Å². The Bertz CT molecular complexity index is 619. The second kappa shape index (κ2) is 7.01. The molecule has 2 N–H and O–H groups in total. The smallest absolute Gasteiger partial charge is 0.348 e. The molecule has 0 amide bonds. The van der Waals surface area contributed by atoms with Gasteiger partial charge in [-0.15, -0.1) is 11.3 Å². The van der Waals surface area contributed by atoms with Gasteiger partial charge in [0.1, 0.15) is 15.1 Å². The zero-order valence-electron chi connectivity index (χ0n) is 11.8. The number of nitrogens with one attached hydrogen (secondary N) is 1. The number of hydrogen-bond acceptors (Lipinski definition) is 6. The highest BCUT2D eigenvalue weighted by atomic mass is 32.2. The number of carboxylic acids is 1. The molecular weight excluding hydrogens is 318 g/mol. The van der Waals surface area contributed by atoms with Gasteiger partial charge in [-0.05, 0) is 24.5 Å². The highest BCUT2D eigenvalue weighted by Crippen LogP contribution is 2.23. The molecule has 0 aliphatic heterocycles. The Kier molecular flexibility index (Phi) is 5.87. The van der Waals surface area contributed by atoms with E-state index < -0.39 is 28.0 Å². The summed E-state index contributed by atoms with van der Waals surface area (Å²) in [5.74, 6) is -1.86. The lowest BCUT2D eigenvalue weighted by atomic mass is 10.1. The molecule has 0 saturated carbocycles. The lowest BCUT2D eigenvalue weighted by Crippen LogP contribution is -2.41. The summed E-state index contributed by atoms with van der Waals surface area (Å²) < 4.78 is 30.8. The Morgan fingerprint density at radius 1 is 1.38 bits per heavy atom. The van der Waals surface area contributed by atoms with Crippen molar-refractivity contribution in [3.8, 4) is 0 Å². The molecule has 0 aliphatic carbocycles. The lowest BCUT2D eigenvalue weighted by Gasteiger charge is -2.15. The van der Waals surface area contributed by atoms with E-state index in [2.05, 4.69) is 9.46 Å². The first kappa shape index (κ1) is 17.6. The van der Waals surface area contributed by atoms with Crippen molar-refractivity contribution in [3.63, 3.8) is 0 Å². The topological polar surface area (TPSA) is 110 Å². The van der Waals surface area contributed by atoms with Crippen LogP contribution in [0, 0.1) is 5.92 Å². The van der Waals surface area contributed by atoms with Crippen molar-refractivity contribution >= 4 is 33.3 Å². The molecule has 7 nitrogen and oxygen atoms in total. The van der Waals surface area contributed by atoms with E-state index in [1.165, 1.54) is 19.2 Å². The van der Waals surface area contributed by atoms with Crippen molar-refractivity contribution < 1.29 is 27.9 Å². The number of rotatable bonds is 7. The predicted octanol–water partition coefficient (Wildman–Crippen LogP) is 1.31. The van der Waals surface area contributed by atoms with Crippen LogP contribution in [0.5, 0.6) is 0 Å². The monoisotopic (exact) mass is 335 g/mol. The minimum atomic E-state index is -3.99. The maximum atomic E-state index is 12.1. The first-order valence-electron chi connectivity index (χ1n) is 6.10. The molecule has 1 heterocycles. The van der Waals surface area contributed by atoms with E-state index in [9.17, 15) is 18.0 Å². The molecule has 0 bridgehead atoms. The molecule has 0 aromatic carbocycles. The Morgan fingerprint density at radius 3 is 2.48 bits per heavy atom. The van der Waals surface area contributed by atoms with E-state index >= 15 is 0 Å². The van der Waals surface area contributed by atoms with Gasteiger partial charge in [-0.3, -0.25) is 4.79 Å². The van der Waals surface area contributed by atoms with E-state index in [0.717, 1.165) is 11.3 Å². The van der Waals surface area contributed by atoms with Crippen LogP contribution in [0.15, 0.2) is 16.3 Å². The second-order valence-corrected chi connectivity index (χ2v) is 7.78. The number of hydrogen-bond donors (Lipinski definition) is 2. The van der Waals surface area contributed by atoms with Crippen molar-refractivity contribution in [3.05, 3.63) is 17.0 Å². The van der Waals surface area contributed by atoms with Crippen molar-refractivity contribution in [2.24, 2.45) is 5.92 Å². The highest BCUT2D eigenvalue weighted by Gasteiger charge is 2.27. The van der Waals surface area contributed by atoms with Crippen LogP contribution in [0.25, 0.3) is 0 Å². The molecule has 9 heteroatoms. The van der Waals surface area contributed by atoms with E-state index in [4.69, 9.17) is 5.11 Å². The molecule has 0 aliphatic rings. The molecule has 0 unspecified atom stereocenters. The molecule has 0 radical (unpaired) electrons. The SMILES string of the molecule is COC(=O)c1ccc(S(=O)(=O)N[C@@H](CC(C)C)C(=O)O)s1. The standard InChI is InChI=1S/C12H17NO6S2/c1-7(2)6-8(11(14)15)13-21(17,18)10-5-4-9(20-10)12(16)19-3/h4-5,7-8,13H,6H2,1-3H3,(H,14,15)/t8-/m0/s1. The van der Waals surface area contributed by atoms with Gasteiger partial charge in [0.25, 0.3) is 10.0 Å². The van der Waals surface area contributed by atoms with Crippen molar-refractivity contribution in [2.75, 3.05) is 7.11 Å². The number of thiophene rings is 1. The number of carboxylic acid groups (broad SMARTS) is 1. The Hall–Kier alpha value is -1.45. The predicted molar refractivity (Wildman–Crippen MR) is 76.9 cm³/mol. The molecule has 1 atom stereocenters. The summed E-state index contributed by atoms with van der Waals surface area (Å²) in [4.78, 5) is 22.5. The Morgan fingerprint density at radius 2 is 2.00 bits per heavy atom. The van der Waals surface area contributed by atoms with Crippen molar-refractivity contribution in [1.29, 1.82) is 0 Å². The second-order valence-electron chi connectivity index (χ2n) is 4.75. The van der Waals surface area contributed by atoms with Gasteiger partial charge < -0.3 is 9.84 Å². The Balaban J connectivity index is 2.97. The fourth-order valence-corrected chi connectivity index (χ4v) is 4.03. The van der Waals surface area contributed by atoms with Crippen LogP contribution in [-0.2, 0) is 19.6 Å². The highest BCUT2D eigenvalue weighted by molar-refractivity contribution is 7.91. The van der Waals surface area contributed by atoms with Gasteiger partial charge >= 0.3 is 11.9 Å². The maximum absolute atomic E-state index is 12.1. The minimum Gasteiger partial charge on any atom is -0.480 e. The number of carbonyl (C=O) groups excluding carboxylic acids is 1. The van der Waals surface area contributed by atoms with Gasteiger partial charge in [-0.25, -0.2) is 13.2 Å². The summed E-state index contributed by atoms with van der Waals surface area (Å²) in [6.07, 6.45) is 0.170. The summed E-state index contributed by atoms with van der Waals surface area (Å²) in [6, 6.07) is 1.36. The largest absolute Gasteiger partial charge is 0.480 e. The molecule has 1 rings (SSSR count). The Labute approximate surface area is 127 Å². The van der Waals surface area contributed by atoms with Crippen molar-refractivity contribution in [2.45, 2.75) is 30.5 Å². The van der Waals surface area contributed by atoms with Gasteiger partial charge in [-0.1, -0.05) is 13.8 Å². The zero-order chi connectivity index (χ0) is 16.2. The average molecular weight is 335 g/mol. The summed E-state index contributed by atoms with van der Waals surface area (Å²) in [5, 5.41) is 9.07. The van der Waals surface area contributed by atoms with E-state index in [0.29, 0.717) is 0 Å². The number of aliphatic carboxylic acids is 1. The van der Waals surface area contributed by atoms with Crippen molar-refractivity contribution in [1.82, 2.24) is 4.72 Å². The number of carbonyl (C=O) groups is 2. The van der Waals surface area contributed by atoms with Crippen LogP contribution < -0.4 is 4.72 Å². The van der Waals surface area contributed by atoms with Crippen LogP contribution >= 0.6 is 11.3 Å². The number of ether oxygens (including phenoxy) is 1. The normalized spacial score (nSPS) is 13.1. The number of esters is 1.